The summed E-state index contributed by atoms with van der Waals surface area (Å²) < 4.78 is 6.73. The van der Waals surface area contributed by atoms with Crippen LogP contribution in [-0.4, -0.2) is 12.7 Å². The molecule has 168 valence electrons. The number of benzene rings is 2. The van der Waals surface area contributed by atoms with E-state index in [4.69, 9.17) is 4.74 Å². The average molecular weight is 419 g/mol. The Morgan fingerprint density at radius 2 is 1.35 bits per heavy atom. The second-order valence-corrected chi connectivity index (χ2v) is 9.13. The molecule has 2 aromatic carbocycles. The van der Waals surface area contributed by atoms with Crippen molar-refractivity contribution in [2.45, 2.75) is 96.0 Å². The predicted molar refractivity (Wildman–Crippen MR) is 134 cm³/mol. The molecule has 0 aromatic heterocycles. The van der Waals surface area contributed by atoms with Crippen molar-refractivity contribution in [2.24, 2.45) is 0 Å². The Labute approximate surface area is 190 Å². The maximum atomic E-state index is 6.73. The fraction of sp³-hybridized carbons (Fsp3) is 0.533. The first kappa shape index (κ1) is 23.8. The molecule has 0 aliphatic heterocycles. The van der Waals surface area contributed by atoms with Gasteiger partial charge in [-0.05, 0) is 48.8 Å². The molecule has 1 heteroatoms. The number of hydrogen-bond acceptors (Lipinski definition) is 1. The van der Waals surface area contributed by atoms with Crippen molar-refractivity contribution in [3.05, 3.63) is 83.4 Å². The standard InChI is InChI=1S/C30H42O/c1-2-3-4-5-6-7-17-24-30(28-22-15-10-16-23-28)31-25-29(26-18-11-8-12-19-26)27-20-13-9-14-21-27/h8-9,11-14,18-22,29-30H,2-7,10,15-17,23-25H2,1H3. The van der Waals surface area contributed by atoms with Gasteiger partial charge in [-0.1, -0.05) is 119 Å². The highest BCUT2D eigenvalue weighted by molar-refractivity contribution is 5.32. The lowest BCUT2D eigenvalue weighted by molar-refractivity contribution is 0.0614. The van der Waals surface area contributed by atoms with Gasteiger partial charge in [-0.25, -0.2) is 0 Å². The Morgan fingerprint density at radius 1 is 0.742 bits per heavy atom. The first-order valence-electron chi connectivity index (χ1n) is 12.8. The van der Waals surface area contributed by atoms with Crippen LogP contribution in [0.3, 0.4) is 0 Å². The third kappa shape index (κ3) is 8.30. The van der Waals surface area contributed by atoms with Gasteiger partial charge in [0.25, 0.3) is 0 Å². The zero-order valence-electron chi connectivity index (χ0n) is 19.6. The Morgan fingerprint density at radius 3 is 1.94 bits per heavy atom. The number of allylic oxidation sites excluding steroid dienone is 1. The normalized spacial score (nSPS) is 15.1. The molecule has 1 unspecified atom stereocenters. The van der Waals surface area contributed by atoms with Gasteiger partial charge in [0.1, 0.15) is 0 Å². The Bertz CT molecular complexity index is 694. The van der Waals surface area contributed by atoms with Crippen molar-refractivity contribution in [1.82, 2.24) is 0 Å². The van der Waals surface area contributed by atoms with Crippen LogP contribution in [0.25, 0.3) is 0 Å². The van der Waals surface area contributed by atoms with E-state index in [0.717, 1.165) is 6.61 Å². The Hall–Kier alpha value is -1.86. The molecular formula is C30H42O. The number of hydrogen-bond donors (Lipinski definition) is 0. The molecular weight excluding hydrogens is 376 g/mol. The van der Waals surface area contributed by atoms with E-state index in [0.29, 0.717) is 12.0 Å². The van der Waals surface area contributed by atoms with Crippen molar-refractivity contribution in [1.29, 1.82) is 0 Å². The van der Waals surface area contributed by atoms with Gasteiger partial charge in [-0.2, -0.15) is 0 Å². The summed E-state index contributed by atoms with van der Waals surface area (Å²) in [7, 11) is 0. The lowest BCUT2D eigenvalue weighted by Gasteiger charge is -2.27. The summed E-state index contributed by atoms with van der Waals surface area (Å²) in [5.41, 5.74) is 4.26. The fourth-order valence-corrected chi connectivity index (χ4v) is 4.79. The first-order chi connectivity index (χ1) is 15.4. The van der Waals surface area contributed by atoms with Crippen molar-refractivity contribution in [3.63, 3.8) is 0 Å². The molecule has 0 radical (unpaired) electrons. The number of rotatable bonds is 14. The fourth-order valence-electron chi connectivity index (χ4n) is 4.79. The van der Waals surface area contributed by atoms with Crippen LogP contribution in [0.1, 0.15) is 101 Å². The monoisotopic (exact) mass is 418 g/mol. The minimum atomic E-state index is 0.295. The minimum Gasteiger partial charge on any atom is -0.373 e. The van der Waals surface area contributed by atoms with Crippen LogP contribution in [0, 0.1) is 0 Å². The zero-order valence-corrected chi connectivity index (χ0v) is 19.6. The first-order valence-corrected chi connectivity index (χ1v) is 12.8. The Kier molecular flexibility index (Phi) is 10.9. The van der Waals surface area contributed by atoms with E-state index < -0.39 is 0 Å². The average Bonchev–Trinajstić information content (AvgIpc) is 2.84. The highest BCUT2D eigenvalue weighted by atomic mass is 16.5. The van der Waals surface area contributed by atoms with Crippen LogP contribution < -0.4 is 0 Å². The van der Waals surface area contributed by atoms with Gasteiger partial charge < -0.3 is 4.74 Å². The molecule has 0 heterocycles. The summed E-state index contributed by atoms with van der Waals surface area (Å²) in [5, 5.41) is 0. The molecule has 2 aromatic rings. The maximum Gasteiger partial charge on any atom is 0.0785 e. The molecule has 0 spiro atoms. The van der Waals surface area contributed by atoms with Gasteiger partial charge in [0.2, 0.25) is 0 Å². The van der Waals surface area contributed by atoms with E-state index >= 15 is 0 Å². The van der Waals surface area contributed by atoms with Crippen LogP contribution in [0.5, 0.6) is 0 Å². The molecule has 3 rings (SSSR count). The zero-order chi connectivity index (χ0) is 21.6. The van der Waals surface area contributed by atoms with E-state index in [1.54, 1.807) is 5.57 Å². The molecule has 1 atom stereocenters. The summed E-state index contributed by atoms with van der Waals surface area (Å²) in [5.74, 6) is 0.295. The highest BCUT2D eigenvalue weighted by Crippen LogP contribution is 2.30. The molecule has 1 aliphatic carbocycles. The second-order valence-electron chi connectivity index (χ2n) is 9.13. The van der Waals surface area contributed by atoms with E-state index in [9.17, 15) is 0 Å². The molecule has 31 heavy (non-hydrogen) atoms. The van der Waals surface area contributed by atoms with Crippen LogP contribution in [-0.2, 0) is 4.74 Å². The van der Waals surface area contributed by atoms with Crippen molar-refractivity contribution < 1.29 is 4.74 Å². The largest absolute Gasteiger partial charge is 0.373 e. The van der Waals surface area contributed by atoms with E-state index in [-0.39, 0.29) is 0 Å². The number of unbranched alkanes of at least 4 members (excludes halogenated alkanes) is 6. The molecule has 0 N–H and O–H groups in total. The summed E-state index contributed by atoms with van der Waals surface area (Å²) in [6.45, 7) is 3.05. The topological polar surface area (TPSA) is 9.23 Å². The quantitative estimate of drug-likeness (QED) is 0.220. The summed E-state index contributed by atoms with van der Waals surface area (Å²) in [6, 6.07) is 21.7. The lowest BCUT2D eigenvalue weighted by atomic mass is 9.90. The molecule has 1 nitrogen and oxygen atoms in total. The molecule has 0 amide bonds. The van der Waals surface area contributed by atoms with Gasteiger partial charge in [0.05, 0.1) is 12.7 Å². The maximum absolute atomic E-state index is 6.73. The van der Waals surface area contributed by atoms with Crippen LogP contribution in [0.2, 0.25) is 0 Å². The smallest absolute Gasteiger partial charge is 0.0785 e. The lowest BCUT2D eigenvalue weighted by Crippen LogP contribution is -2.21. The third-order valence-corrected chi connectivity index (χ3v) is 6.68. The molecule has 0 saturated carbocycles. The molecule has 0 saturated heterocycles. The molecule has 1 aliphatic rings. The van der Waals surface area contributed by atoms with Gasteiger partial charge in [-0.3, -0.25) is 0 Å². The Balaban J connectivity index is 1.61. The van der Waals surface area contributed by atoms with Crippen LogP contribution in [0.4, 0.5) is 0 Å². The van der Waals surface area contributed by atoms with Crippen molar-refractivity contribution in [3.8, 4) is 0 Å². The van der Waals surface area contributed by atoms with Gasteiger partial charge in [0, 0.05) is 5.92 Å². The third-order valence-electron chi connectivity index (χ3n) is 6.68. The van der Waals surface area contributed by atoms with Crippen LogP contribution in [0.15, 0.2) is 72.3 Å². The predicted octanol–water partition coefficient (Wildman–Crippen LogP) is 8.84. The van der Waals surface area contributed by atoms with E-state index in [1.807, 2.05) is 0 Å². The highest BCUT2D eigenvalue weighted by Gasteiger charge is 2.21. The second kappa shape index (κ2) is 14.2. The molecule has 0 fully saturated rings. The van der Waals surface area contributed by atoms with Crippen molar-refractivity contribution in [2.75, 3.05) is 6.61 Å². The van der Waals surface area contributed by atoms with Crippen LogP contribution >= 0.6 is 0 Å². The minimum absolute atomic E-state index is 0.295. The van der Waals surface area contributed by atoms with Crippen molar-refractivity contribution >= 4 is 0 Å². The molecule has 0 bridgehead atoms. The summed E-state index contributed by atoms with van der Waals surface area (Å²) in [6.07, 6.45) is 18.6. The van der Waals surface area contributed by atoms with E-state index in [2.05, 4.69) is 73.7 Å². The SMILES string of the molecule is CCCCCCCCCC(OCC(c1ccccc1)c1ccccc1)C1=CCCCC1. The van der Waals surface area contributed by atoms with Gasteiger partial charge in [-0.15, -0.1) is 0 Å². The summed E-state index contributed by atoms with van der Waals surface area (Å²) in [4.78, 5) is 0. The van der Waals surface area contributed by atoms with Gasteiger partial charge in [0.15, 0.2) is 0 Å². The summed E-state index contributed by atoms with van der Waals surface area (Å²) >= 11 is 0. The number of ether oxygens (including phenoxy) is 1. The van der Waals surface area contributed by atoms with E-state index in [1.165, 1.54) is 88.2 Å². The van der Waals surface area contributed by atoms with Gasteiger partial charge >= 0.3 is 0 Å².